The Kier molecular flexibility index (Phi) is 5.30. The van der Waals surface area contributed by atoms with Gasteiger partial charge in [0, 0.05) is 18.5 Å². The number of benzene rings is 1. The van der Waals surface area contributed by atoms with Gasteiger partial charge in [-0.15, -0.1) is 0 Å². The van der Waals surface area contributed by atoms with Gasteiger partial charge in [-0.2, -0.15) is 21.6 Å². The van der Waals surface area contributed by atoms with E-state index in [1.54, 1.807) is 0 Å². The highest BCUT2D eigenvalue weighted by molar-refractivity contribution is 7.93. The van der Waals surface area contributed by atoms with Crippen molar-refractivity contribution >= 4 is 27.3 Å². The maximum Gasteiger partial charge on any atom is 0.516 e. The van der Waals surface area contributed by atoms with Gasteiger partial charge < -0.3 is 10.1 Å². The van der Waals surface area contributed by atoms with Crippen molar-refractivity contribution < 1.29 is 31.6 Å². The Morgan fingerprint density at radius 2 is 1.82 bits per heavy atom. The number of anilines is 1. The first kappa shape index (κ1) is 20.4. The molecular formula is C17H20F3N3O4S. The van der Waals surface area contributed by atoms with Gasteiger partial charge in [-0.05, 0) is 30.9 Å². The molecule has 1 saturated heterocycles. The van der Waals surface area contributed by atoms with E-state index in [0.29, 0.717) is 13.0 Å². The normalized spacial score (nSPS) is 21.5. The maximum atomic E-state index is 12.8. The first-order valence-electron chi connectivity index (χ1n) is 8.78. The molecule has 1 heterocycles. The Morgan fingerprint density at radius 1 is 1.18 bits per heavy atom. The number of para-hydroxylation sites is 1. The fourth-order valence-electron chi connectivity index (χ4n) is 3.95. The van der Waals surface area contributed by atoms with Crippen LogP contribution in [0, 0.1) is 5.41 Å². The number of carbonyl (C=O) groups is 1. The number of hydrogen-bond acceptors (Lipinski definition) is 5. The van der Waals surface area contributed by atoms with Crippen molar-refractivity contribution in [2.24, 2.45) is 10.6 Å². The molecule has 1 aliphatic carbocycles. The summed E-state index contributed by atoms with van der Waals surface area (Å²) in [5.74, 6) is -0.482. The molecule has 154 valence electrons. The van der Waals surface area contributed by atoms with Crippen LogP contribution in [0.1, 0.15) is 37.7 Å². The van der Waals surface area contributed by atoms with E-state index in [0.717, 1.165) is 25.7 Å². The second-order valence-corrected chi connectivity index (χ2v) is 8.80. The summed E-state index contributed by atoms with van der Waals surface area (Å²) >= 11 is 0. The van der Waals surface area contributed by atoms with E-state index in [1.807, 2.05) is 0 Å². The fraction of sp³-hybridized carbons (Fsp3) is 0.529. The van der Waals surface area contributed by atoms with Crippen LogP contribution >= 0.6 is 0 Å². The number of oxime groups is 1. The van der Waals surface area contributed by atoms with Crippen LogP contribution in [0.2, 0.25) is 0 Å². The van der Waals surface area contributed by atoms with Crippen molar-refractivity contribution in [3.05, 3.63) is 29.8 Å². The van der Waals surface area contributed by atoms with E-state index in [-0.39, 0.29) is 23.5 Å². The molecule has 1 aliphatic heterocycles. The van der Waals surface area contributed by atoms with Crippen molar-refractivity contribution in [1.82, 2.24) is 4.90 Å². The molecular weight excluding hydrogens is 399 g/mol. The lowest BCUT2D eigenvalue weighted by Crippen LogP contribution is -2.51. The molecule has 7 nitrogen and oxygen atoms in total. The van der Waals surface area contributed by atoms with Gasteiger partial charge in [-0.3, -0.25) is 9.52 Å². The maximum absolute atomic E-state index is 12.8. The Labute approximate surface area is 160 Å². The van der Waals surface area contributed by atoms with Crippen LogP contribution in [-0.2, 0) is 21.4 Å². The summed E-state index contributed by atoms with van der Waals surface area (Å²) in [5, 5.41) is 12.6. The molecule has 2 aliphatic rings. The van der Waals surface area contributed by atoms with Crippen molar-refractivity contribution in [3.63, 3.8) is 0 Å². The Hall–Kier alpha value is -2.30. The number of rotatable bonds is 4. The molecule has 2 N–H and O–H groups in total. The summed E-state index contributed by atoms with van der Waals surface area (Å²) in [6.45, 7) is 0.239. The molecule has 11 heteroatoms. The molecule has 28 heavy (non-hydrogen) atoms. The summed E-state index contributed by atoms with van der Waals surface area (Å²) in [4.78, 5) is 14.2. The second kappa shape index (κ2) is 7.26. The summed E-state index contributed by atoms with van der Waals surface area (Å²) in [5.41, 5.74) is -5.86. The Morgan fingerprint density at radius 3 is 2.43 bits per heavy atom. The van der Waals surface area contributed by atoms with Crippen LogP contribution in [0.25, 0.3) is 0 Å². The lowest BCUT2D eigenvalue weighted by molar-refractivity contribution is -0.127. The minimum Gasteiger partial charge on any atom is -0.410 e. The number of amides is 1. The number of halogens is 3. The first-order chi connectivity index (χ1) is 13.1. The molecule has 1 saturated carbocycles. The third-order valence-corrected chi connectivity index (χ3v) is 6.54. The van der Waals surface area contributed by atoms with Crippen LogP contribution in [0.5, 0.6) is 0 Å². The molecule has 1 aromatic rings. The minimum atomic E-state index is -5.58. The number of nitrogens with one attached hydrogen (secondary N) is 1. The molecule has 0 atom stereocenters. The first-order valence-corrected chi connectivity index (χ1v) is 10.3. The van der Waals surface area contributed by atoms with Crippen molar-refractivity contribution in [1.29, 1.82) is 0 Å². The zero-order valence-electron chi connectivity index (χ0n) is 14.9. The van der Waals surface area contributed by atoms with Gasteiger partial charge in [-0.1, -0.05) is 36.2 Å². The van der Waals surface area contributed by atoms with E-state index in [2.05, 4.69) is 5.16 Å². The Bertz CT molecular complexity index is 893. The van der Waals surface area contributed by atoms with Gasteiger partial charge in [0.1, 0.15) is 0 Å². The molecule has 2 fully saturated rings. The second-order valence-electron chi connectivity index (χ2n) is 7.12. The molecule has 1 amide bonds. The van der Waals surface area contributed by atoms with Gasteiger partial charge in [0.05, 0.1) is 5.69 Å². The topological polar surface area (TPSA) is 99.1 Å². The van der Waals surface area contributed by atoms with E-state index in [1.165, 1.54) is 33.9 Å². The lowest BCUT2D eigenvalue weighted by atomic mass is 9.75. The molecule has 1 spiro atoms. The van der Waals surface area contributed by atoms with Gasteiger partial charge in [0.25, 0.3) is 5.91 Å². The molecule has 0 radical (unpaired) electrons. The summed E-state index contributed by atoms with van der Waals surface area (Å²) in [6.07, 6.45) is 3.99. The zero-order chi connectivity index (χ0) is 20.6. The van der Waals surface area contributed by atoms with Gasteiger partial charge in [0.15, 0.2) is 5.71 Å². The predicted molar refractivity (Wildman–Crippen MR) is 95.2 cm³/mol. The quantitative estimate of drug-likeness (QED) is 0.579. The van der Waals surface area contributed by atoms with E-state index in [4.69, 9.17) is 0 Å². The van der Waals surface area contributed by atoms with Gasteiger partial charge in [-0.25, -0.2) is 0 Å². The van der Waals surface area contributed by atoms with Crippen LogP contribution < -0.4 is 4.72 Å². The number of hydrogen-bond donors (Lipinski definition) is 2. The third-order valence-electron chi connectivity index (χ3n) is 5.44. The molecule has 0 bridgehead atoms. The van der Waals surface area contributed by atoms with Crippen LogP contribution in [0.15, 0.2) is 29.4 Å². The Balaban J connectivity index is 1.83. The van der Waals surface area contributed by atoms with Crippen molar-refractivity contribution in [2.45, 2.75) is 44.2 Å². The van der Waals surface area contributed by atoms with Crippen LogP contribution in [-0.4, -0.2) is 42.2 Å². The number of carbonyl (C=O) groups excluding carboxylic acids is 1. The van der Waals surface area contributed by atoms with E-state index >= 15 is 0 Å². The molecule has 3 rings (SSSR count). The zero-order valence-corrected chi connectivity index (χ0v) is 15.7. The number of sulfonamides is 1. The van der Waals surface area contributed by atoms with Crippen LogP contribution in [0.3, 0.4) is 0 Å². The molecule has 1 aromatic carbocycles. The largest absolute Gasteiger partial charge is 0.516 e. The number of nitrogens with zero attached hydrogens (tertiary/aromatic N) is 2. The standard InChI is InChI=1S/C17H20F3N3O4S/c18-17(19,20)28(26,27)22-13-6-2-1-5-12(13)11-23-10-9-16(7-3-4-8-16)14(21-25)15(23)24/h1-2,5-6,22,25H,3-4,7-11H2/b21-14-. The van der Waals surface area contributed by atoms with Gasteiger partial charge in [0.2, 0.25) is 0 Å². The third kappa shape index (κ3) is 3.67. The fourth-order valence-corrected chi connectivity index (χ4v) is 4.55. The summed E-state index contributed by atoms with van der Waals surface area (Å²) < 4.78 is 62.4. The molecule has 0 aromatic heterocycles. The lowest BCUT2D eigenvalue weighted by Gasteiger charge is -2.39. The monoisotopic (exact) mass is 419 g/mol. The molecule has 0 unspecified atom stereocenters. The average molecular weight is 419 g/mol. The van der Waals surface area contributed by atoms with Crippen molar-refractivity contribution in [3.8, 4) is 0 Å². The number of alkyl halides is 3. The number of piperidine rings is 1. The van der Waals surface area contributed by atoms with E-state index < -0.39 is 26.9 Å². The minimum absolute atomic E-state index is 0.0737. The SMILES string of the molecule is O=C1/C(=N/O)C2(CCCC2)CCN1Cc1ccccc1NS(=O)(=O)C(F)(F)F. The summed E-state index contributed by atoms with van der Waals surface area (Å²) in [7, 11) is -5.58. The van der Waals surface area contributed by atoms with Gasteiger partial charge >= 0.3 is 15.5 Å². The smallest absolute Gasteiger partial charge is 0.410 e. The number of likely N-dealkylation sites (tertiary alicyclic amines) is 1. The van der Waals surface area contributed by atoms with Crippen molar-refractivity contribution in [2.75, 3.05) is 11.3 Å². The van der Waals surface area contributed by atoms with E-state index in [9.17, 15) is 31.6 Å². The highest BCUT2D eigenvalue weighted by Gasteiger charge is 2.48. The highest BCUT2D eigenvalue weighted by Crippen LogP contribution is 2.45. The predicted octanol–water partition coefficient (Wildman–Crippen LogP) is 3.07. The summed E-state index contributed by atoms with van der Waals surface area (Å²) in [6, 6.07) is 5.57. The van der Waals surface area contributed by atoms with Crippen LogP contribution in [0.4, 0.5) is 18.9 Å². The average Bonchev–Trinajstić information content (AvgIpc) is 3.07. The highest BCUT2D eigenvalue weighted by atomic mass is 32.2.